The highest BCUT2D eigenvalue weighted by Gasteiger charge is 2.38. The minimum absolute atomic E-state index is 0.101. The number of ether oxygens (including phenoxy) is 2. The predicted molar refractivity (Wildman–Crippen MR) is 89.2 cm³/mol. The molecule has 3 rings (SSSR count). The second kappa shape index (κ2) is 7.83. The number of hydrogen-bond donors (Lipinski definition) is 4. The molecule has 2 heterocycles. The molecule has 1 amide bonds. The van der Waals surface area contributed by atoms with E-state index in [1.54, 1.807) is 7.11 Å². The van der Waals surface area contributed by atoms with Gasteiger partial charge in [0.05, 0.1) is 13.2 Å². The van der Waals surface area contributed by atoms with E-state index in [1.807, 2.05) is 24.3 Å². The maximum absolute atomic E-state index is 12.1. The van der Waals surface area contributed by atoms with Crippen molar-refractivity contribution in [3.63, 3.8) is 0 Å². The average molecular weight is 335 g/mol. The number of nitrogens with one attached hydrogen (secondary N) is 3. The van der Waals surface area contributed by atoms with E-state index in [1.165, 1.54) is 0 Å². The topological polar surface area (TPSA) is 91.8 Å². The summed E-state index contributed by atoms with van der Waals surface area (Å²) in [6.07, 6.45) is -0.141. The molecular weight excluding hydrogens is 310 g/mol. The van der Waals surface area contributed by atoms with Crippen LogP contribution in [0.15, 0.2) is 24.3 Å². The van der Waals surface area contributed by atoms with Crippen molar-refractivity contribution in [1.29, 1.82) is 0 Å². The Morgan fingerprint density at radius 1 is 1.33 bits per heavy atom. The van der Waals surface area contributed by atoms with E-state index in [0.29, 0.717) is 13.0 Å². The zero-order chi connectivity index (χ0) is 16.9. The smallest absolute Gasteiger partial charge is 0.407 e. The molecule has 0 radical (unpaired) electrons. The van der Waals surface area contributed by atoms with Crippen LogP contribution in [-0.4, -0.2) is 62.2 Å². The highest BCUT2D eigenvalue weighted by Crippen LogP contribution is 2.19. The van der Waals surface area contributed by atoms with E-state index in [-0.39, 0.29) is 12.1 Å². The van der Waals surface area contributed by atoms with Gasteiger partial charge in [0, 0.05) is 19.1 Å². The van der Waals surface area contributed by atoms with Crippen LogP contribution in [0.1, 0.15) is 12.0 Å². The van der Waals surface area contributed by atoms with Crippen LogP contribution >= 0.6 is 0 Å². The van der Waals surface area contributed by atoms with Gasteiger partial charge in [0.25, 0.3) is 0 Å². The maximum atomic E-state index is 12.1. The summed E-state index contributed by atoms with van der Waals surface area (Å²) < 4.78 is 10.7. The van der Waals surface area contributed by atoms with Crippen LogP contribution in [0.25, 0.3) is 0 Å². The van der Waals surface area contributed by atoms with Crippen molar-refractivity contribution in [2.45, 2.75) is 37.1 Å². The summed E-state index contributed by atoms with van der Waals surface area (Å²) in [5.41, 5.74) is 1.09. The Morgan fingerprint density at radius 2 is 2.12 bits per heavy atom. The van der Waals surface area contributed by atoms with Gasteiger partial charge in [-0.15, -0.1) is 0 Å². The summed E-state index contributed by atoms with van der Waals surface area (Å²) in [5, 5.41) is 19.4. The van der Waals surface area contributed by atoms with Gasteiger partial charge in [-0.25, -0.2) is 4.79 Å². The van der Waals surface area contributed by atoms with Crippen molar-refractivity contribution in [2.24, 2.45) is 0 Å². The largest absolute Gasteiger partial charge is 0.497 e. The Bertz CT molecular complexity index is 545. The molecule has 0 bridgehead atoms. The third kappa shape index (κ3) is 4.17. The Labute approximate surface area is 141 Å². The van der Waals surface area contributed by atoms with Crippen LogP contribution in [0.3, 0.4) is 0 Å². The van der Waals surface area contributed by atoms with Crippen LogP contribution in [-0.2, 0) is 11.2 Å². The number of amides is 1. The van der Waals surface area contributed by atoms with Crippen LogP contribution in [0.4, 0.5) is 4.79 Å². The number of rotatable bonds is 5. The number of alkyl carbamates (subject to hydrolysis) is 1. The van der Waals surface area contributed by atoms with Crippen molar-refractivity contribution in [1.82, 2.24) is 16.0 Å². The fourth-order valence-electron chi connectivity index (χ4n) is 3.24. The molecule has 0 aromatic heterocycles. The van der Waals surface area contributed by atoms with Crippen molar-refractivity contribution in [3.05, 3.63) is 29.8 Å². The zero-order valence-corrected chi connectivity index (χ0v) is 13.8. The lowest BCUT2D eigenvalue weighted by Crippen LogP contribution is -2.44. The van der Waals surface area contributed by atoms with Gasteiger partial charge >= 0.3 is 6.09 Å². The van der Waals surface area contributed by atoms with Crippen LogP contribution in [0, 0.1) is 0 Å². The summed E-state index contributed by atoms with van der Waals surface area (Å²) in [4.78, 5) is 12.1. The molecule has 0 spiro atoms. The van der Waals surface area contributed by atoms with E-state index in [4.69, 9.17) is 9.47 Å². The van der Waals surface area contributed by atoms with Crippen LogP contribution < -0.4 is 20.7 Å². The molecule has 2 saturated heterocycles. The second-order valence-electron chi connectivity index (χ2n) is 6.34. The number of aliphatic hydroxyl groups excluding tert-OH is 1. The molecule has 7 heteroatoms. The molecule has 4 atom stereocenters. The summed E-state index contributed by atoms with van der Waals surface area (Å²) >= 11 is 0. The van der Waals surface area contributed by atoms with Crippen molar-refractivity contribution < 1.29 is 19.4 Å². The van der Waals surface area contributed by atoms with Crippen LogP contribution in [0.5, 0.6) is 5.75 Å². The molecule has 0 unspecified atom stereocenters. The van der Waals surface area contributed by atoms with E-state index >= 15 is 0 Å². The molecule has 7 nitrogen and oxygen atoms in total. The fourth-order valence-corrected chi connectivity index (χ4v) is 3.24. The molecule has 4 N–H and O–H groups in total. The summed E-state index contributed by atoms with van der Waals surface area (Å²) in [6, 6.07) is 7.75. The Morgan fingerprint density at radius 3 is 2.79 bits per heavy atom. The molecule has 0 aliphatic carbocycles. The minimum atomic E-state index is -0.694. The molecule has 2 fully saturated rings. The zero-order valence-electron chi connectivity index (χ0n) is 13.8. The molecule has 1 aromatic carbocycles. The summed E-state index contributed by atoms with van der Waals surface area (Å²) in [6.45, 7) is 2.08. The monoisotopic (exact) mass is 335 g/mol. The van der Waals surface area contributed by atoms with Gasteiger partial charge in [0.15, 0.2) is 0 Å². The molecule has 24 heavy (non-hydrogen) atoms. The minimum Gasteiger partial charge on any atom is -0.497 e. The second-order valence-corrected chi connectivity index (χ2v) is 6.34. The maximum Gasteiger partial charge on any atom is 0.407 e. The first-order chi connectivity index (χ1) is 11.7. The van der Waals surface area contributed by atoms with Gasteiger partial charge in [-0.2, -0.15) is 0 Å². The molecule has 1 aromatic rings. The molecule has 2 aliphatic heterocycles. The summed E-state index contributed by atoms with van der Waals surface area (Å²) in [5.74, 6) is 0.801. The van der Waals surface area contributed by atoms with Gasteiger partial charge < -0.3 is 30.5 Å². The van der Waals surface area contributed by atoms with Gasteiger partial charge in [-0.05, 0) is 37.1 Å². The van der Waals surface area contributed by atoms with Gasteiger partial charge in [0.2, 0.25) is 0 Å². The van der Waals surface area contributed by atoms with Gasteiger partial charge in [0.1, 0.15) is 18.0 Å². The van der Waals surface area contributed by atoms with Gasteiger partial charge in [-0.1, -0.05) is 12.1 Å². The van der Waals surface area contributed by atoms with Gasteiger partial charge in [-0.3, -0.25) is 0 Å². The molecule has 2 aliphatic rings. The Balaban J connectivity index is 1.56. The lowest BCUT2D eigenvalue weighted by molar-refractivity contribution is 0.0179. The van der Waals surface area contributed by atoms with Crippen LogP contribution in [0.2, 0.25) is 0 Å². The third-order valence-corrected chi connectivity index (χ3v) is 4.61. The molecule has 0 saturated carbocycles. The first-order valence-corrected chi connectivity index (χ1v) is 8.38. The van der Waals surface area contributed by atoms with E-state index in [2.05, 4.69) is 16.0 Å². The average Bonchev–Trinajstić information content (AvgIpc) is 3.20. The highest BCUT2D eigenvalue weighted by atomic mass is 16.6. The third-order valence-electron chi connectivity index (χ3n) is 4.61. The lowest BCUT2D eigenvalue weighted by Gasteiger charge is -2.23. The number of benzene rings is 1. The molecular formula is C17H25N3O4. The number of hydrogen-bond acceptors (Lipinski definition) is 6. The standard InChI is InChI=1S/C17H25N3O4/c1-23-13-4-2-11(3-5-13)8-14-16(15(21)10-19-14)24-17(22)20-12-6-7-18-9-12/h2-5,12,14-16,18-19,21H,6-10H2,1H3,(H,20,22)/t12-,14-,15+,16+/m1/s1. The Hall–Kier alpha value is -1.83. The van der Waals surface area contributed by atoms with Crippen molar-refractivity contribution in [3.8, 4) is 5.75 Å². The first-order valence-electron chi connectivity index (χ1n) is 8.38. The SMILES string of the molecule is COc1ccc(C[C@H]2NC[C@H](O)[C@H]2OC(=O)N[C@@H]2CCNC2)cc1. The lowest BCUT2D eigenvalue weighted by atomic mass is 10.0. The fraction of sp³-hybridized carbons (Fsp3) is 0.588. The van der Waals surface area contributed by atoms with E-state index in [9.17, 15) is 9.90 Å². The predicted octanol–water partition coefficient (Wildman–Crippen LogP) is 0.0271. The van der Waals surface area contributed by atoms with Crippen molar-refractivity contribution >= 4 is 6.09 Å². The summed E-state index contributed by atoms with van der Waals surface area (Å²) in [7, 11) is 1.63. The van der Waals surface area contributed by atoms with E-state index < -0.39 is 18.3 Å². The normalized spacial score (nSPS) is 29.4. The number of carbonyl (C=O) groups is 1. The number of carbonyl (C=O) groups excluding carboxylic acids is 1. The van der Waals surface area contributed by atoms with E-state index in [0.717, 1.165) is 30.8 Å². The van der Waals surface area contributed by atoms with Crippen molar-refractivity contribution in [2.75, 3.05) is 26.7 Å². The number of methoxy groups -OCH3 is 1. The highest BCUT2D eigenvalue weighted by molar-refractivity contribution is 5.68. The Kier molecular flexibility index (Phi) is 5.55. The quantitative estimate of drug-likeness (QED) is 0.607. The number of aliphatic hydroxyl groups is 1. The number of β-amino-alcohol motifs (C(OH)–C–C–N with tert-alkyl or cyclic N) is 1. The first kappa shape index (κ1) is 17.0. The molecule has 132 valence electrons.